The summed E-state index contributed by atoms with van der Waals surface area (Å²) in [5, 5.41) is 5.73. The van der Waals surface area contributed by atoms with Crippen molar-refractivity contribution in [2.45, 2.75) is 105 Å². The van der Waals surface area contributed by atoms with E-state index in [2.05, 4.69) is 210 Å². The van der Waals surface area contributed by atoms with E-state index in [1.807, 2.05) is 17.6 Å². The minimum Gasteiger partial charge on any atom is -0.0622 e. The van der Waals surface area contributed by atoms with Crippen LogP contribution >= 0.6 is 14.3 Å². The third-order valence-electron chi connectivity index (χ3n) is 8.46. The van der Waals surface area contributed by atoms with E-state index >= 15 is 0 Å². The van der Waals surface area contributed by atoms with Crippen LogP contribution in [0.2, 0.25) is 0 Å². The van der Waals surface area contributed by atoms with Crippen molar-refractivity contribution in [3.8, 4) is 0 Å². The molecule has 5 aromatic rings. The second-order valence-electron chi connectivity index (χ2n) is 16.2. The standard InChI is InChI=1S/C18H15P.C18H29P.C10H14.Os/c1-4-10-16(11-5-1)19(17-12-6-2-7-13-17)18-14-8-3-9-15-18;1-16(2,3)12-10-13(17(4,5)6)15(19)14(11-12)18(7,8)9;1-8(2)10-6-4-9(3)5-7-10;/h1-15H;10-11H,1-9H3;4-8H,1-3H3;. The first-order chi connectivity index (χ1) is 22.9. The molecule has 5 aromatic carbocycles. The third kappa shape index (κ3) is 12.3. The molecule has 0 fully saturated rings. The number of rotatable bonds is 5. The van der Waals surface area contributed by atoms with Gasteiger partial charge in [-0.15, -0.1) is 0 Å². The first-order valence-corrected chi connectivity index (χ1v) is 23.0. The summed E-state index contributed by atoms with van der Waals surface area (Å²) < 4.78 is 0. The molecule has 0 bridgehead atoms. The van der Waals surface area contributed by atoms with Crippen LogP contribution in [0, 0.1) is 6.92 Å². The van der Waals surface area contributed by atoms with Gasteiger partial charge in [-0.3, -0.25) is 0 Å². The first kappa shape index (κ1) is 40.9. The molecule has 0 radical (unpaired) electrons. The second kappa shape index (κ2) is 18.1. The second-order valence-corrected chi connectivity index (χ2v) is 20.7. The quantitative estimate of drug-likeness (QED) is 0.154. The Balaban J connectivity index is 0.000000210. The van der Waals surface area contributed by atoms with Crippen LogP contribution in [-0.4, -0.2) is 0 Å². The summed E-state index contributed by atoms with van der Waals surface area (Å²) in [6.45, 7) is 27.5. The van der Waals surface area contributed by atoms with Crippen molar-refractivity contribution < 1.29 is 17.6 Å². The Hall–Kier alpha value is -2.53. The van der Waals surface area contributed by atoms with Gasteiger partial charge in [0.1, 0.15) is 0 Å². The maximum atomic E-state index is 2.45. The predicted octanol–water partition coefficient (Wildman–Crippen LogP) is 12.2. The molecule has 0 aromatic heterocycles. The van der Waals surface area contributed by atoms with Gasteiger partial charge in [0.25, 0.3) is 0 Å². The molecule has 0 aliphatic rings. The summed E-state index contributed by atoms with van der Waals surface area (Å²) >= 11 is 2.05. The van der Waals surface area contributed by atoms with Gasteiger partial charge in [0.05, 0.1) is 0 Å². The van der Waals surface area contributed by atoms with Crippen molar-refractivity contribution in [3.63, 3.8) is 0 Å². The van der Waals surface area contributed by atoms with Gasteiger partial charge >= 0.3 is 137 Å². The molecule has 5 rings (SSSR count). The van der Waals surface area contributed by atoms with E-state index in [4.69, 9.17) is 0 Å². The van der Waals surface area contributed by atoms with Gasteiger partial charge in [-0.05, 0) is 42.2 Å². The topological polar surface area (TPSA) is 0 Å². The SMILES string of the molecule is CC(C)(C)c1cc(C(C)(C)C)c([P]=[Os])c(C(C)(C)C)c1.Cc1ccc(C(C)C)cc1.c1ccc(P(c2ccccc2)c2ccccc2)cc1. The van der Waals surface area contributed by atoms with Crippen molar-refractivity contribution in [2.24, 2.45) is 0 Å². The first-order valence-electron chi connectivity index (χ1n) is 17.5. The fraction of sp³-hybridized carbons (Fsp3) is 0.348. The molecule has 0 atom stereocenters. The van der Waals surface area contributed by atoms with Crippen molar-refractivity contribution in [1.82, 2.24) is 0 Å². The van der Waals surface area contributed by atoms with Gasteiger partial charge in [0.2, 0.25) is 0 Å². The molecule has 0 aliphatic carbocycles. The number of aryl methyl sites for hydroxylation is 1. The van der Waals surface area contributed by atoms with E-state index in [-0.39, 0.29) is 16.2 Å². The molecule has 3 heteroatoms. The zero-order chi connectivity index (χ0) is 36.4. The third-order valence-corrected chi connectivity index (χ3v) is 13.2. The zero-order valence-corrected chi connectivity index (χ0v) is 36.3. The van der Waals surface area contributed by atoms with Crippen molar-refractivity contribution in [2.75, 3.05) is 0 Å². The fourth-order valence-corrected chi connectivity index (χ4v) is 10.5. The number of hydrogen-bond acceptors (Lipinski definition) is 0. The summed E-state index contributed by atoms with van der Waals surface area (Å²) in [6, 6.07) is 45.9. The number of hydrogen-bond donors (Lipinski definition) is 0. The van der Waals surface area contributed by atoms with Crippen LogP contribution in [0.1, 0.15) is 110 Å². The molecule has 260 valence electrons. The molecule has 0 nitrogen and oxygen atoms in total. The molecule has 0 unspecified atom stereocenters. The van der Waals surface area contributed by atoms with Crippen LogP contribution in [0.5, 0.6) is 0 Å². The molecule has 0 saturated carbocycles. The minimum absolute atomic E-state index is 0.198. The molecule has 49 heavy (non-hydrogen) atoms. The van der Waals surface area contributed by atoms with Crippen LogP contribution in [0.25, 0.3) is 0 Å². The zero-order valence-electron chi connectivity index (χ0n) is 31.9. The number of benzene rings is 5. The maximum Gasteiger partial charge on any atom is -0.0134 e. The molecule has 0 amide bonds. The molecular weight excluding hydrogens is 805 g/mol. The maximum absolute atomic E-state index is 2.45. The van der Waals surface area contributed by atoms with Crippen LogP contribution < -0.4 is 21.2 Å². The molecule has 0 saturated heterocycles. The molecule has 0 N–H and O–H groups in total. The van der Waals surface area contributed by atoms with E-state index < -0.39 is 7.92 Å². The summed E-state index contributed by atoms with van der Waals surface area (Å²) in [7, 11) is -0.446. The largest absolute Gasteiger partial charge is 0.0622 e. The van der Waals surface area contributed by atoms with Gasteiger partial charge in [0, 0.05) is 0 Å². The van der Waals surface area contributed by atoms with Crippen LogP contribution in [0.15, 0.2) is 127 Å². The average Bonchev–Trinajstić information content (AvgIpc) is 3.05. The molecule has 0 heterocycles. The van der Waals surface area contributed by atoms with Crippen LogP contribution in [0.3, 0.4) is 0 Å². The Morgan fingerprint density at radius 1 is 0.510 bits per heavy atom. The van der Waals surface area contributed by atoms with Gasteiger partial charge in [-0.25, -0.2) is 0 Å². The summed E-state index contributed by atoms with van der Waals surface area (Å²) in [6.07, 6.45) is 1.40. The van der Waals surface area contributed by atoms with Gasteiger partial charge in [-0.2, -0.15) is 0 Å². The van der Waals surface area contributed by atoms with E-state index in [9.17, 15) is 0 Å². The monoisotopic (exact) mass is 864 g/mol. The fourth-order valence-electron chi connectivity index (χ4n) is 5.43. The molecular formula is C46H58OsP2. The Morgan fingerprint density at radius 3 is 1.12 bits per heavy atom. The van der Waals surface area contributed by atoms with Gasteiger partial charge in [0.15, 0.2) is 0 Å². The van der Waals surface area contributed by atoms with E-state index in [1.54, 1.807) is 0 Å². The van der Waals surface area contributed by atoms with E-state index in [0.717, 1.165) is 0 Å². The van der Waals surface area contributed by atoms with Crippen molar-refractivity contribution in [1.29, 1.82) is 0 Å². The normalized spacial score (nSPS) is 11.9. The Bertz CT molecular complexity index is 1590. The summed E-state index contributed by atoms with van der Waals surface area (Å²) in [4.78, 5) is 0. The summed E-state index contributed by atoms with van der Waals surface area (Å²) in [5.74, 6) is 0.653. The summed E-state index contributed by atoms with van der Waals surface area (Å²) in [5.41, 5.74) is 7.86. The molecule has 0 aliphatic heterocycles. The van der Waals surface area contributed by atoms with Crippen molar-refractivity contribution >= 4 is 35.6 Å². The van der Waals surface area contributed by atoms with E-state index in [1.165, 1.54) is 55.4 Å². The smallest absolute Gasteiger partial charge is 0.0134 e. The average molecular weight is 863 g/mol. The van der Waals surface area contributed by atoms with E-state index in [0.29, 0.717) is 5.92 Å². The van der Waals surface area contributed by atoms with Gasteiger partial charge in [-0.1, -0.05) is 135 Å². The Morgan fingerprint density at radius 2 is 0.857 bits per heavy atom. The minimum atomic E-state index is -0.446. The Labute approximate surface area is 312 Å². The van der Waals surface area contributed by atoms with Crippen LogP contribution in [-0.2, 0) is 33.9 Å². The van der Waals surface area contributed by atoms with Gasteiger partial charge < -0.3 is 0 Å². The predicted molar refractivity (Wildman–Crippen MR) is 220 cm³/mol. The Kier molecular flexibility index (Phi) is 15.1. The van der Waals surface area contributed by atoms with Crippen molar-refractivity contribution in [3.05, 3.63) is 155 Å². The van der Waals surface area contributed by atoms with Crippen LogP contribution in [0.4, 0.5) is 0 Å². The molecule has 0 spiro atoms.